The molecule has 0 saturated heterocycles. The largest absolute Gasteiger partial charge is 0.494 e. The third-order valence-corrected chi connectivity index (χ3v) is 2.32. The van der Waals surface area contributed by atoms with Gasteiger partial charge in [0, 0.05) is 12.6 Å². The Balaban J connectivity index is 2.38. The zero-order valence-corrected chi connectivity index (χ0v) is 10.1. The maximum absolute atomic E-state index is 8.87. The first-order valence-electron chi connectivity index (χ1n) is 5.82. The van der Waals surface area contributed by atoms with E-state index in [1.54, 1.807) is 0 Å². The van der Waals surface area contributed by atoms with Crippen molar-refractivity contribution in [2.75, 3.05) is 13.2 Å². The summed E-state index contributed by atoms with van der Waals surface area (Å²) in [5.41, 5.74) is 1.20. The first kappa shape index (κ1) is 13.0. The van der Waals surface area contributed by atoms with Crippen LogP contribution in [0.5, 0.6) is 5.75 Å². The number of rotatable bonds is 7. The van der Waals surface area contributed by atoms with Crippen LogP contribution in [0, 0.1) is 0 Å². The molecule has 2 N–H and O–H groups in total. The molecule has 3 heteroatoms. The average Bonchev–Trinajstić information content (AvgIpc) is 2.34. The first-order chi connectivity index (χ1) is 7.76. The van der Waals surface area contributed by atoms with Gasteiger partial charge in [-0.05, 0) is 31.0 Å². The highest BCUT2D eigenvalue weighted by Crippen LogP contribution is 2.12. The van der Waals surface area contributed by atoms with Crippen LogP contribution in [0.1, 0.15) is 25.8 Å². The summed E-state index contributed by atoms with van der Waals surface area (Å²) in [5.74, 6) is 0.917. The second kappa shape index (κ2) is 7.25. The summed E-state index contributed by atoms with van der Waals surface area (Å²) >= 11 is 0. The Labute approximate surface area is 97.4 Å². The van der Waals surface area contributed by atoms with Gasteiger partial charge in [-0.1, -0.05) is 19.1 Å². The van der Waals surface area contributed by atoms with Crippen molar-refractivity contribution in [2.24, 2.45) is 0 Å². The summed E-state index contributed by atoms with van der Waals surface area (Å²) in [5, 5.41) is 12.1. The number of hydrogen-bond acceptors (Lipinski definition) is 3. The molecule has 1 unspecified atom stereocenters. The predicted octanol–water partition coefficient (Wildman–Crippen LogP) is 1.95. The summed E-state index contributed by atoms with van der Waals surface area (Å²) in [6, 6.07) is 8.19. The van der Waals surface area contributed by atoms with Gasteiger partial charge >= 0.3 is 0 Å². The van der Waals surface area contributed by atoms with Gasteiger partial charge in [-0.25, -0.2) is 0 Å². The van der Waals surface area contributed by atoms with Gasteiger partial charge in [-0.3, -0.25) is 0 Å². The van der Waals surface area contributed by atoms with Crippen LogP contribution >= 0.6 is 0 Å². The lowest BCUT2D eigenvalue weighted by Gasteiger charge is -2.11. The summed E-state index contributed by atoms with van der Waals surface area (Å²) < 4.78 is 5.50. The minimum Gasteiger partial charge on any atom is -0.494 e. The fourth-order valence-corrected chi connectivity index (χ4v) is 1.28. The van der Waals surface area contributed by atoms with E-state index in [0.29, 0.717) is 0 Å². The fraction of sp³-hybridized carbons (Fsp3) is 0.538. The quantitative estimate of drug-likeness (QED) is 0.742. The summed E-state index contributed by atoms with van der Waals surface area (Å²) in [7, 11) is 0. The van der Waals surface area contributed by atoms with Crippen molar-refractivity contribution in [2.45, 2.75) is 32.9 Å². The lowest BCUT2D eigenvalue weighted by molar-refractivity contribution is 0.251. The fourth-order valence-electron chi connectivity index (χ4n) is 1.28. The molecule has 1 atom stereocenters. The van der Waals surface area contributed by atoms with Crippen molar-refractivity contribution in [1.29, 1.82) is 0 Å². The standard InChI is InChI=1S/C13H21NO2/c1-3-8-16-13-6-4-12(5-7-13)9-14-11(2)10-15/h4-7,11,14-15H,3,8-10H2,1-2H3. The van der Waals surface area contributed by atoms with Crippen LogP contribution in [-0.4, -0.2) is 24.4 Å². The zero-order valence-electron chi connectivity index (χ0n) is 10.1. The van der Waals surface area contributed by atoms with Gasteiger partial charge in [0.2, 0.25) is 0 Å². The molecule has 0 fully saturated rings. The highest BCUT2D eigenvalue weighted by molar-refractivity contribution is 5.27. The van der Waals surface area contributed by atoms with E-state index >= 15 is 0 Å². The topological polar surface area (TPSA) is 41.5 Å². The van der Waals surface area contributed by atoms with E-state index in [9.17, 15) is 0 Å². The monoisotopic (exact) mass is 223 g/mol. The van der Waals surface area contributed by atoms with Crippen LogP contribution in [0.15, 0.2) is 24.3 Å². The molecule has 0 aliphatic rings. The van der Waals surface area contributed by atoms with Crippen molar-refractivity contribution in [3.05, 3.63) is 29.8 Å². The van der Waals surface area contributed by atoms with Crippen molar-refractivity contribution in [3.8, 4) is 5.75 Å². The van der Waals surface area contributed by atoms with Gasteiger partial charge in [-0.2, -0.15) is 0 Å². The van der Waals surface area contributed by atoms with Crippen molar-refractivity contribution >= 4 is 0 Å². The molecule has 1 aromatic rings. The Morgan fingerprint density at radius 2 is 2.00 bits per heavy atom. The van der Waals surface area contributed by atoms with E-state index in [0.717, 1.165) is 25.3 Å². The average molecular weight is 223 g/mol. The van der Waals surface area contributed by atoms with Crippen LogP contribution in [-0.2, 0) is 6.54 Å². The minimum atomic E-state index is 0.135. The lowest BCUT2D eigenvalue weighted by atomic mass is 10.2. The molecule has 1 rings (SSSR count). The number of benzene rings is 1. The molecule has 0 saturated carbocycles. The van der Waals surface area contributed by atoms with Crippen LogP contribution in [0.3, 0.4) is 0 Å². The molecule has 90 valence electrons. The van der Waals surface area contributed by atoms with Gasteiger partial charge < -0.3 is 15.2 Å². The summed E-state index contributed by atoms with van der Waals surface area (Å²) in [6.45, 7) is 5.75. The van der Waals surface area contributed by atoms with E-state index in [2.05, 4.69) is 12.2 Å². The predicted molar refractivity (Wildman–Crippen MR) is 65.6 cm³/mol. The Bertz CT molecular complexity index is 284. The Morgan fingerprint density at radius 3 is 2.56 bits per heavy atom. The van der Waals surface area contributed by atoms with Gasteiger partial charge in [-0.15, -0.1) is 0 Å². The number of aliphatic hydroxyl groups is 1. The molecule has 0 aliphatic heterocycles. The SMILES string of the molecule is CCCOc1ccc(CNC(C)CO)cc1. The molecular formula is C13H21NO2. The Morgan fingerprint density at radius 1 is 1.31 bits per heavy atom. The van der Waals surface area contributed by atoms with E-state index in [4.69, 9.17) is 9.84 Å². The minimum absolute atomic E-state index is 0.135. The Kier molecular flexibility index (Phi) is 5.90. The third-order valence-electron chi connectivity index (χ3n) is 2.32. The molecule has 0 bridgehead atoms. The van der Waals surface area contributed by atoms with Crippen LogP contribution in [0.2, 0.25) is 0 Å². The maximum atomic E-state index is 8.87. The molecule has 0 aromatic heterocycles. The van der Waals surface area contributed by atoms with Gasteiger partial charge in [0.1, 0.15) is 5.75 Å². The van der Waals surface area contributed by atoms with Crippen molar-refractivity contribution in [3.63, 3.8) is 0 Å². The number of nitrogens with one attached hydrogen (secondary N) is 1. The highest BCUT2D eigenvalue weighted by atomic mass is 16.5. The molecule has 3 nitrogen and oxygen atoms in total. The lowest BCUT2D eigenvalue weighted by Crippen LogP contribution is -2.28. The van der Waals surface area contributed by atoms with Crippen LogP contribution in [0.25, 0.3) is 0 Å². The first-order valence-corrected chi connectivity index (χ1v) is 5.82. The van der Waals surface area contributed by atoms with Gasteiger partial charge in [0.25, 0.3) is 0 Å². The van der Waals surface area contributed by atoms with E-state index in [1.165, 1.54) is 5.56 Å². The molecule has 16 heavy (non-hydrogen) atoms. The molecule has 0 radical (unpaired) electrons. The van der Waals surface area contributed by atoms with Crippen LogP contribution in [0.4, 0.5) is 0 Å². The highest BCUT2D eigenvalue weighted by Gasteiger charge is 1.99. The molecule has 0 heterocycles. The van der Waals surface area contributed by atoms with Crippen molar-refractivity contribution < 1.29 is 9.84 Å². The maximum Gasteiger partial charge on any atom is 0.119 e. The molecule has 1 aromatic carbocycles. The number of hydrogen-bond donors (Lipinski definition) is 2. The Hall–Kier alpha value is -1.06. The normalized spacial score (nSPS) is 12.4. The second-order valence-corrected chi connectivity index (χ2v) is 3.96. The summed E-state index contributed by atoms with van der Waals surface area (Å²) in [4.78, 5) is 0. The van der Waals surface area contributed by atoms with Crippen molar-refractivity contribution in [1.82, 2.24) is 5.32 Å². The summed E-state index contributed by atoms with van der Waals surface area (Å²) in [6.07, 6.45) is 1.03. The number of ether oxygens (including phenoxy) is 1. The van der Waals surface area contributed by atoms with E-state index < -0.39 is 0 Å². The second-order valence-electron chi connectivity index (χ2n) is 3.96. The molecule has 0 amide bonds. The molecule has 0 aliphatic carbocycles. The van der Waals surface area contributed by atoms with Gasteiger partial charge in [0.05, 0.1) is 13.2 Å². The van der Waals surface area contributed by atoms with Gasteiger partial charge in [0.15, 0.2) is 0 Å². The van der Waals surface area contributed by atoms with Crippen LogP contribution < -0.4 is 10.1 Å². The third kappa shape index (κ3) is 4.64. The van der Waals surface area contributed by atoms with E-state index in [-0.39, 0.29) is 12.6 Å². The molecule has 0 spiro atoms. The smallest absolute Gasteiger partial charge is 0.119 e. The number of aliphatic hydroxyl groups excluding tert-OH is 1. The zero-order chi connectivity index (χ0) is 11.8. The molecular weight excluding hydrogens is 202 g/mol. The van der Waals surface area contributed by atoms with E-state index in [1.807, 2.05) is 31.2 Å².